The predicted octanol–water partition coefficient (Wildman–Crippen LogP) is 3.38. The fourth-order valence-electron chi connectivity index (χ4n) is 4.41. The molecule has 2 fully saturated rings. The van der Waals surface area contributed by atoms with Gasteiger partial charge in [-0.25, -0.2) is 22.7 Å². The largest absolute Gasteiger partial charge is 0.367 e. The van der Waals surface area contributed by atoms with Crippen molar-refractivity contribution in [2.75, 3.05) is 37.8 Å². The molecule has 166 valence electrons. The highest BCUT2D eigenvalue weighted by Gasteiger charge is 2.26. The third kappa shape index (κ3) is 4.79. The minimum absolute atomic E-state index is 0.226. The van der Waals surface area contributed by atoms with Gasteiger partial charge in [-0.3, -0.25) is 4.90 Å². The normalized spacial score (nSPS) is 20.8. The molecule has 2 aromatic rings. The highest BCUT2D eigenvalue weighted by molar-refractivity contribution is 7.88. The van der Waals surface area contributed by atoms with Crippen molar-refractivity contribution in [3.05, 3.63) is 16.3 Å². The summed E-state index contributed by atoms with van der Waals surface area (Å²) >= 11 is 1.74. The van der Waals surface area contributed by atoms with E-state index < -0.39 is 10.0 Å². The van der Waals surface area contributed by atoms with Gasteiger partial charge in [-0.15, -0.1) is 11.3 Å². The molecule has 2 aliphatic rings. The van der Waals surface area contributed by atoms with Crippen LogP contribution in [0.15, 0.2) is 0 Å². The number of fused-ring (bicyclic) bond motifs is 1. The van der Waals surface area contributed by atoms with E-state index in [-0.39, 0.29) is 6.04 Å². The highest BCUT2D eigenvalue weighted by atomic mass is 32.2. The van der Waals surface area contributed by atoms with Crippen molar-refractivity contribution in [3.63, 3.8) is 0 Å². The fraction of sp³-hybridized carbons (Fsp3) is 0.714. The summed E-state index contributed by atoms with van der Waals surface area (Å²) in [6.07, 6.45) is 5.35. The van der Waals surface area contributed by atoms with E-state index in [0.29, 0.717) is 13.1 Å². The van der Waals surface area contributed by atoms with Crippen LogP contribution in [0.25, 0.3) is 10.2 Å². The Balaban J connectivity index is 1.55. The topological polar surface area (TPSA) is 78.4 Å². The van der Waals surface area contributed by atoms with Crippen molar-refractivity contribution in [2.45, 2.75) is 59.0 Å². The second-order valence-corrected chi connectivity index (χ2v) is 12.2. The number of anilines is 1. The van der Waals surface area contributed by atoms with Gasteiger partial charge >= 0.3 is 0 Å². The van der Waals surface area contributed by atoms with Gasteiger partial charge in [0.25, 0.3) is 0 Å². The molecule has 0 atom stereocenters. The van der Waals surface area contributed by atoms with Crippen LogP contribution < -0.4 is 5.32 Å². The summed E-state index contributed by atoms with van der Waals surface area (Å²) < 4.78 is 25.2. The van der Waals surface area contributed by atoms with Crippen LogP contribution in [0.4, 0.5) is 5.82 Å². The molecular formula is C21H33N5O2S2. The summed E-state index contributed by atoms with van der Waals surface area (Å²) in [5.41, 5.74) is 1.24. The van der Waals surface area contributed by atoms with Crippen molar-refractivity contribution in [3.8, 4) is 0 Å². The van der Waals surface area contributed by atoms with E-state index in [4.69, 9.17) is 9.97 Å². The number of hydrogen-bond acceptors (Lipinski definition) is 7. The van der Waals surface area contributed by atoms with Gasteiger partial charge in [-0.2, -0.15) is 0 Å². The molecule has 0 saturated carbocycles. The molecular weight excluding hydrogens is 418 g/mol. The van der Waals surface area contributed by atoms with Crippen LogP contribution in [0.2, 0.25) is 0 Å². The number of aryl methyl sites for hydroxylation is 2. The lowest BCUT2D eigenvalue weighted by molar-refractivity contribution is 0.181. The van der Waals surface area contributed by atoms with E-state index in [9.17, 15) is 8.42 Å². The van der Waals surface area contributed by atoms with Crippen LogP contribution in [-0.2, 0) is 16.6 Å². The number of hydrogen-bond donors (Lipinski definition) is 1. The number of rotatable bonds is 5. The van der Waals surface area contributed by atoms with Gasteiger partial charge in [-0.1, -0.05) is 6.92 Å². The molecule has 0 unspecified atom stereocenters. The quantitative estimate of drug-likeness (QED) is 0.751. The third-order valence-electron chi connectivity index (χ3n) is 6.58. The van der Waals surface area contributed by atoms with Crippen molar-refractivity contribution in [1.29, 1.82) is 0 Å². The Morgan fingerprint density at radius 3 is 2.37 bits per heavy atom. The number of thiophene rings is 1. The maximum atomic E-state index is 11.8. The molecule has 4 heterocycles. The summed E-state index contributed by atoms with van der Waals surface area (Å²) in [7, 11) is -3.11. The monoisotopic (exact) mass is 451 g/mol. The molecule has 0 bridgehead atoms. The van der Waals surface area contributed by atoms with Gasteiger partial charge in [0.05, 0.1) is 18.2 Å². The summed E-state index contributed by atoms with van der Waals surface area (Å²) in [4.78, 5) is 14.7. The van der Waals surface area contributed by atoms with Crippen LogP contribution in [0.3, 0.4) is 0 Å². The molecule has 0 amide bonds. The van der Waals surface area contributed by atoms with E-state index in [2.05, 4.69) is 31.0 Å². The maximum absolute atomic E-state index is 11.8. The SMILES string of the molecule is Cc1sc2nc(CN3CCC(C)CC3)nc(NC3CCN(S(C)(=O)=O)CC3)c2c1C. The average Bonchev–Trinajstić information content (AvgIpc) is 2.97. The number of nitrogens with one attached hydrogen (secondary N) is 1. The first-order valence-electron chi connectivity index (χ1n) is 10.9. The zero-order valence-corrected chi connectivity index (χ0v) is 20.1. The van der Waals surface area contributed by atoms with Crippen LogP contribution >= 0.6 is 11.3 Å². The lowest BCUT2D eigenvalue weighted by Gasteiger charge is -2.31. The minimum Gasteiger partial charge on any atom is -0.367 e. The molecule has 2 saturated heterocycles. The molecule has 4 rings (SSSR count). The average molecular weight is 452 g/mol. The number of piperidine rings is 2. The second-order valence-electron chi connectivity index (χ2n) is 8.99. The molecule has 1 N–H and O–H groups in total. The Kier molecular flexibility index (Phi) is 6.35. The summed E-state index contributed by atoms with van der Waals surface area (Å²) in [6.45, 7) is 10.7. The van der Waals surface area contributed by atoms with E-state index in [1.54, 1.807) is 15.6 Å². The Hall–Kier alpha value is -1.29. The van der Waals surface area contributed by atoms with Gasteiger partial charge < -0.3 is 5.32 Å². The molecule has 9 heteroatoms. The number of sulfonamides is 1. The first-order valence-corrected chi connectivity index (χ1v) is 13.6. The highest BCUT2D eigenvalue weighted by Crippen LogP contribution is 2.34. The number of aromatic nitrogens is 2. The lowest BCUT2D eigenvalue weighted by atomic mass is 9.99. The smallest absolute Gasteiger partial charge is 0.211 e. The van der Waals surface area contributed by atoms with Crippen molar-refractivity contribution in [1.82, 2.24) is 19.2 Å². The Morgan fingerprint density at radius 1 is 1.07 bits per heavy atom. The van der Waals surface area contributed by atoms with E-state index in [1.165, 1.54) is 29.5 Å². The Bertz CT molecular complexity index is 1000. The van der Waals surface area contributed by atoms with Gasteiger partial charge in [-0.05, 0) is 64.1 Å². The van der Waals surface area contributed by atoms with Gasteiger partial charge in [0.15, 0.2) is 0 Å². The number of nitrogens with zero attached hydrogens (tertiary/aromatic N) is 4. The third-order valence-corrected chi connectivity index (χ3v) is 8.98. The standard InChI is InChI=1S/C21H33N5O2S2/c1-14-5-9-25(10-6-14)13-18-23-20(19-15(2)16(3)29-21(19)24-18)22-17-7-11-26(12-8-17)30(4,27)28/h14,17H,5-13H2,1-4H3,(H,22,23,24). The molecule has 0 aliphatic carbocycles. The van der Waals surface area contributed by atoms with Gasteiger partial charge in [0.1, 0.15) is 16.5 Å². The Labute approximate surface area is 183 Å². The second kappa shape index (κ2) is 8.68. The first kappa shape index (κ1) is 21.9. The molecule has 7 nitrogen and oxygen atoms in total. The fourth-order valence-corrected chi connectivity index (χ4v) is 6.34. The summed E-state index contributed by atoms with van der Waals surface area (Å²) in [6, 6.07) is 0.226. The maximum Gasteiger partial charge on any atom is 0.211 e. The Morgan fingerprint density at radius 2 is 1.73 bits per heavy atom. The van der Waals surface area contributed by atoms with Crippen LogP contribution in [-0.4, -0.2) is 66.1 Å². The van der Waals surface area contributed by atoms with Gasteiger partial charge in [0, 0.05) is 24.0 Å². The molecule has 2 aliphatic heterocycles. The van der Waals surface area contributed by atoms with Crippen LogP contribution in [0.1, 0.15) is 48.9 Å². The minimum atomic E-state index is -3.11. The molecule has 0 spiro atoms. The van der Waals surface area contributed by atoms with E-state index >= 15 is 0 Å². The van der Waals surface area contributed by atoms with Crippen molar-refractivity contribution in [2.24, 2.45) is 5.92 Å². The van der Waals surface area contributed by atoms with E-state index in [0.717, 1.165) is 60.3 Å². The van der Waals surface area contributed by atoms with Crippen molar-refractivity contribution < 1.29 is 8.42 Å². The summed E-state index contributed by atoms with van der Waals surface area (Å²) in [5.74, 6) is 2.61. The van der Waals surface area contributed by atoms with Crippen LogP contribution in [0.5, 0.6) is 0 Å². The van der Waals surface area contributed by atoms with Crippen LogP contribution in [0, 0.1) is 19.8 Å². The first-order chi connectivity index (χ1) is 14.2. The van der Waals surface area contributed by atoms with E-state index in [1.807, 2.05) is 0 Å². The molecule has 30 heavy (non-hydrogen) atoms. The lowest BCUT2D eigenvalue weighted by Crippen LogP contribution is -2.42. The van der Waals surface area contributed by atoms with Gasteiger partial charge in [0.2, 0.25) is 10.0 Å². The summed E-state index contributed by atoms with van der Waals surface area (Å²) in [5, 5.41) is 4.77. The molecule has 0 aromatic carbocycles. The number of likely N-dealkylation sites (tertiary alicyclic amines) is 1. The molecule has 2 aromatic heterocycles. The zero-order chi connectivity index (χ0) is 21.5. The zero-order valence-electron chi connectivity index (χ0n) is 18.4. The van der Waals surface area contributed by atoms with Crippen molar-refractivity contribution >= 4 is 37.4 Å². The molecule has 0 radical (unpaired) electrons. The predicted molar refractivity (Wildman–Crippen MR) is 124 cm³/mol.